The van der Waals surface area contributed by atoms with Crippen molar-refractivity contribution in [1.29, 1.82) is 0 Å². The minimum absolute atomic E-state index is 0.583. The van der Waals surface area contributed by atoms with Crippen LogP contribution in [0.2, 0.25) is 0 Å². The van der Waals surface area contributed by atoms with Gasteiger partial charge in [-0.2, -0.15) is 0 Å². The maximum absolute atomic E-state index is 5.67. The van der Waals surface area contributed by atoms with Crippen LogP contribution in [0.4, 0.5) is 11.6 Å². The van der Waals surface area contributed by atoms with E-state index in [0.717, 1.165) is 18.3 Å². The van der Waals surface area contributed by atoms with Gasteiger partial charge in [0.2, 0.25) is 0 Å². The fourth-order valence-electron chi connectivity index (χ4n) is 2.22. The first-order valence-electron chi connectivity index (χ1n) is 5.16. The van der Waals surface area contributed by atoms with Gasteiger partial charge in [0.25, 0.3) is 0 Å². The van der Waals surface area contributed by atoms with Gasteiger partial charge in [-0.25, -0.2) is 4.98 Å². The average molecular weight is 191 g/mol. The van der Waals surface area contributed by atoms with Gasteiger partial charge in [-0.05, 0) is 31.4 Å². The summed E-state index contributed by atoms with van der Waals surface area (Å²) in [5.41, 5.74) is 5.67. The Balaban J connectivity index is 2.23. The molecular weight excluding hydrogens is 174 g/mol. The summed E-state index contributed by atoms with van der Waals surface area (Å²) >= 11 is 0. The zero-order valence-corrected chi connectivity index (χ0v) is 8.77. The number of aromatic nitrogens is 1. The predicted molar refractivity (Wildman–Crippen MR) is 59.2 cm³/mol. The molecule has 1 fully saturated rings. The van der Waals surface area contributed by atoms with Crippen LogP contribution in [0.1, 0.15) is 20.3 Å². The van der Waals surface area contributed by atoms with Gasteiger partial charge in [-0.1, -0.05) is 13.0 Å². The predicted octanol–water partition coefficient (Wildman–Crippen LogP) is 1.90. The molecule has 2 unspecified atom stereocenters. The molecule has 0 aromatic carbocycles. The molecule has 2 rings (SSSR count). The van der Waals surface area contributed by atoms with Crippen molar-refractivity contribution in [2.75, 3.05) is 17.2 Å². The Labute approximate surface area is 84.9 Å². The average Bonchev–Trinajstić information content (AvgIpc) is 2.45. The lowest BCUT2D eigenvalue weighted by atomic mass is 10.1. The Morgan fingerprint density at radius 1 is 1.43 bits per heavy atom. The molecule has 76 valence electrons. The molecule has 1 saturated heterocycles. The van der Waals surface area contributed by atoms with Gasteiger partial charge in [-0.15, -0.1) is 0 Å². The summed E-state index contributed by atoms with van der Waals surface area (Å²) in [7, 11) is 0. The SMILES string of the molecule is CC1CC(C)N(c2cccc(N)n2)C1. The van der Waals surface area contributed by atoms with E-state index in [2.05, 4.69) is 23.7 Å². The number of anilines is 2. The minimum atomic E-state index is 0.583. The monoisotopic (exact) mass is 191 g/mol. The summed E-state index contributed by atoms with van der Waals surface area (Å²) in [4.78, 5) is 6.68. The fraction of sp³-hybridized carbons (Fsp3) is 0.545. The molecule has 0 bridgehead atoms. The molecule has 3 heteroatoms. The summed E-state index contributed by atoms with van der Waals surface area (Å²) in [5, 5.41) is 0. The van der Waals surface area contributed by atoms with Gasteiger partial charge in [0.1, 0.15) is 11.6 Å². The van der Waals surface area contributed by atoms with E-state index in [0.29, 0.717) is 11.9 Å². The number of nitrogen functional groups attached to an aromatic ring is 1. The van der Waals surface area contributed by atoms with Gasteiger partial charge in [0.15, 0.2) is 0 Å². The lowest BCUT2D eigenvalue weighted by Crippen LogP contribution is -2.27. The summed E-state index contributed by atoms with van der Waals surface area (Å²) < 4.78 is 0. The second-order valence-electron chi connectivity index (χ2n) is 4.26. The van der Waals surface area contributed by atoms with Crippen molar-refractivity contribution in [3.63, 3.8) is 0 Å². The van der Waals surface area contributed by atoms with Crippen molar-refractivity contribution in [1.82, 2.24) is 4.98 Å². The summed E-state index contributed by atoms with van der Waals surface area (Å²) in [6.45, 7) is 5.62. The molecule has 14 heavy (non-hydrogen) atoms. The highest BCUT2D eigenvalue weighted by atomic mass is 15.2. The van der Waals surface area contributed by atoms with Gasteiger partial charge < -0.3 is 10.6 Å². The molecule has 2 atom stereocenters. The van der Waals surface area contributed by atoms with Crippen molar-refractivity contribution in [3.8, 4) is 0 Å². The standard InChI is InChI=1S/C11H17N3/c1-8-6-9(2)14(7-8)11-5-3-4-10(12)13-11/h3-5,8-9H,6-7H2,1-2H3,(H2,12,13). The van der Waals surface area contributed by atoms with Crippen LogP contribution < -0.4 is 10.6 Å². The zero-order chi connectivity index (χ0) is 10.1. The molecule has 2 N–H and O–H groups in total. The van der Waals surface area contributed by atoms with Crippen molar-refractivity contribution in [3.05, 3.63) is 18.2 Å². The lowest BCUT2D eigenvalue weighted by Gasteiger charge is -2.22. The molecule has 1 aromatic rings. The number of pyridine rings is 1. The number of nitrogens with zero attached hydrogens (tertiary/aromatic N) is 2. The van der Waals surface area contributed by atoms with Crippen LogP contribution in [0.3, 0.4) is 0 Å². The second kappa shape index (κ2) is 3.48. The van der Waals surface area contributed by atoms with Gasteiger partial charge in [0.05, 0.1) is 0 Å². The molecule has 0 aliphatic carbocycles. The highest BCUT2D eigenvalue weighted by molar-refractivity contribution is 5.46. The van der Waals surface area contributed by atoms with Crippen molar-refractivity contribution < 1.29 is 0 Å². The summed E-state index contributed by atoms with van der Waals surface area (Å²) in [6, 6.07) is 6.41. The van der Waals surface area contributed by atoms with E-state index in [1.54, 1.807) is 0 Å². The normalized spacial score (nSPS) is 26.9. The van der Waals surface area contributed by atoms with Crippen LogP contribution in [0.5, 0.6) is 0 Å². The van der Waals surface area contributed by atoms with Crippen LogP contribution in [0.15, 0.2) is 18.2 Å². The molecule has 1 aromatic heterocycles. The zero-order valence-electron chi connectivity index (χ0n) is 8.77. The maximum atomic E-state index is 5.67. The van der Waals surface area contributed by atoms with E-state index in [9.17, 15) is 0 Å². The summed E-state index contributed by atoms with van der Waals surface area (Å²) in [6.07, 6.45) is 1.25. The lowest BCUT2D eigenvalue weighted by molar-refractivity contribution is 0.625. The molecular formula is C11H17N3. The van der Waals surface area contributed by atoms with E-state index in [4.69, 9.17) is 5.73 Å². The molecule has 0 amide bonds. The Morgan fingerprint density at radius 2 is 2.21 bits per heavy atom. The number of hydrogen-bond donors (Lipinski definition) is 1. The molecule has 0 radical (unpaired) electrons. The molecule has 0 spiro atoms. The third kappa shape index (κ3) is 1.67. The molecule has 3 nitrogen and oxygen atoms in total. The largest absolute Gasteiger partial charge is 0.384 e. The Morgan fingerprint density at radius 3 is 2.79 bits per heavy atom. The van der Waals surface area contributed by atoms with E-state index in [1.165, 1.54) is 6.42 Å². The van der Waals surface area contributed by atoms with Crippen LogP contribution >= 0.6 is 0 Å². The molecule has 0 saturated carbocycles. The Hall–Kier alpha value is -1.25. The van der Waals surface area contributed by atoms with E-state index >= 15 is 0 Å². The third-order valence-electron chi connectivity index (χ3n) is 2.83. The molecule has 1 aliphatic rings. The smallest absolute Gasteiger partial charge is 0.131 e. The van der Waals surface area contributed by atoms with E-state index < -0.39 is 0 Å². The van der Waals surface area contributed by atoms with Crippen molar-refractivity contribution >= 4 is 11.6 Å². The Kier molecular flexibility index (Phi) is 2.32. The number of rotatable bonds is 1. The van der Waals surface area contributed by atoms with Gasteiger partial charge >= 0.3 is 0 Å². The first kappa shape index (κ1) is 9.31. The molecule has 2 heterocycles. The van der Waals surface area contributed by atoms with Crippen LogP contribution in [0, 0.1) is 5.92 Å². The first-order valence-corrected chi connectivity index (χ1v) is 5.16. The van der Waals surface area contributed by atoms with Crippen LogP contribution in [0.25, 0.3) is 0 Å². The van der Waals surface area contributed by atoms with Crippen LogP contribution in [-0.4, -0.2) is 17.6 Å². The number of nitrogens with two attached hydrogens (primary N) is 1. The molecule has 1 aliphatic heterocycles. The minimum Gasteiger partial charge on any atom is -0.384 e. The highest BCUT2D eigenvalue weighted by Gasteiger charge is 2.26. The summed E-state index contributed by atoms with van der Waals surface area (Å²) in [5.74, 6) is 2.38. The van der Waals surface area contributed by atoms with Crippen LogP contribution in [-0.2, 0) is 0 Å². The van der Waals surface area contributed by atoms with Gasteiger partial charge in [0, 0.05) is 12.6 Å². The second-order valence-corrected chi connectivity index (χ2v) is 4.26. The van der Waals surface area contributed by atoms with E-state index in [1.807, 2.05) is 18.2 Å². The van der Waals surface area contributed by atoms with Crippen molar-refractivity contribution in [2.24, 2.45) is 5.92 Å². The van der Waals surface area contributed by atoms with E-state index in [-0.39, 0.29) is 0 Å². The first-order chi connectivity index (χ1) is 6.66. The topological polar surface area (TPSA) is 42.1 Å². The maximum Gasteiger partial charge on any atom is 0.131 e. The fourth-order valence-corrected chi connectivity index (χ4v) is 2.22. The Bertz CT molecular complexity index is 324. The quantitative estimate of drug-likeness (QED) is 0.737. The number of hydrogen-bond acceptors (Lipinski definition) is 3. The highest BCUT2D eigenvalue weighted by Crippen LogP contribution is 2.27. The van der Waals surface area contributed by atoms with Crippen molar-refractivity contribution in [2.45, 2.75) is 26.3 Å². The third-order valence-corrected chi connectivity index (χ3v) is 2.83. The van der Waals surface area contributed by atoms with Gasteiger partial charge in [-0.3, -0.25) is 0 Å².